The molecule has 5 heteroatoms. The molecule has 0 fully saturated rings. The van der Waals surface area contributed by atoms with Crippen LogP contribution in [0.15, 0.2) is 6.20 Å². The number of nitrogens with two attached hydrogens (primary N) is 1. The third-order valence-electron chi connectivity index (χ3n) is 1.76. The summed E-state index contributed by atoms with van der Waals surface area (Å²) in [5, 5.41) is 17.3. The Kier molecular flexibility index (Phi) is 3.00. The maximum absolute atomic E-state index is 9.59. The van der Waals surface area contributed by atoms with Gasteiger partial charge in [-0.2, -0.15) is 0 Å². The second-order valence-corrected chi connectivity index (χ2v) is 3.57. The Balaban J connectivity index is 2.64. The van der Waals surface area contributed by atoms with Crippen molar-refractivity contribution in [3.8, 4) is 0 Å². The van der Waals surface area contributed by atoms with E-state index >= 15 is 0 Å². The van der Waals surface area contributed by atoms with Crippen molar-refractivity contribution in [3.05, 3.63) is 11.9 Å². The molecule has 0 aliphatic carbocycles. The van der Waals surface area contributed by atoms with Crippen LogP contribution in [0.1, 0.15) is 26.0 Å². The Morgan fingerprint density at radius 1 is 1.62 bits per heavy atom. The largest absolute Gasteiger partial charge is 0.384 e. The first-order valence-electron chi connectivity index (χ1n) is 4.37. The van der Waals surface area contributed by atoms with E-state index in [0.29, 0.717) is 12.2 Å². The number of aryl methyl sites for hydroxylation is 1. The standard InChI is InChI=1S/C8H16N4O/c1-8(2,13)7-6-12(11-10-7)5-3-4-9/h6,13H,3-5,9H2,1-2H3. The third-order valence-corrected chi connectivity index (χ3v) is 1.76. The van der Waals surface area contributed by atoms with E-state index in [2.05, 4.69) is 10.3 Å². The van der Waals surface area contributed by atoms with Crippen molar-refractivity contribution in [2.45, 2.75) is 32.4 Å². The van der Waals surface area contributed by atoms with Crippen LogP contribution >= 0.6 is 0 Å². The van der Waals surface area contributed by atoms with Crippen LogP contribution < -0.4 is 5.73 Å². The van der Waals surface area contributed by atoms with Crippen molar-refractivity contribution >= 4 is 0 Å². The van der Waals surface area contributed by atoms with E-state index in [1.54, 1.807) is 24.7 Å². The Morgan fingerprint density at radius 3 is 2.77 bits per heavy atom. The summed E-state index contributed by atoms with van der Waals surface area (Å²) in [5.41, 5.74) is 5.03. The quantitative estimate of drug-likeness (QED) is 0.682. The van der Waals surface area contributed by atoms with Crippen molar-refractivity contribution in [1.82, 2.24) is 15.0 Å². The summed E-state index contributed by atoms with van der Waals surface area (Å²) in [6, 6.07) is 0. The molecule has 1 rings (SSSR count). The van der Waals surface area contributed by atoms with Crippen molar-refractivity contribution < 1.29 is 5.11 Å². The van der Waals surface area contributed by atoms with Crippen LogP contribution in [0.3, 0.4) is 0 Å². The van der Waals surface area contributed by atoms with Gasteiger partial charge >= 0.3 is 0 Å². The van der Waals surface area contributed by atoms with E-state index in [4.69, 9.17) is 5.73 Å². The lowest BCUT2D eigenvalue weighted by atomic mass is 10.1. The van der Waals surface area contributed by atoms with Gasteiger partial charge in [0.2, 0.25) is 0 Å². The predicted molar refractivity (Wildman–Crippen MR) is 48.9 cm³/mol. The number of aromatic nitrogens is 3. The number of rotatable bonds is 4. The summed E-state index contributed by atoms with van der Waals surface area (Å²) in [6.07, 6.45) is 2.62. The smallest absolute Gasteiger partial charge is 0.114 e. The van der Waals surface area contributed by atoms with Gasteiger partial charge in [0.05, 0.1) is 6.20 Å². The molecule has 0 spiro atoms. The van der Waals surface area contributed by atoms with E-state index < -0.39 is 5.60 Å². The molecule has 0 saturated heterocycles. The predicted octanol–water partition coefficient (Wildman–Crippen LogP) is -0.146. The number of aliphatic hydroxyl groups is 1. The second-order valence-electron chi connectivity index (χ2n) is 3.57. The minimum absolute atomic E-state index is 0.588. The molecule has 3 N–H and O–H groups in total. The molecule has 0 aromatic carbocycles. The van der Waals surface area contributed by atoms with Crippen LogP contribution in [0.25, 0.3) is 0 Å². The lowest BCUT2D eigenvalue weighted by Crippen LogP contribution is -2.15. The van der Waals surface area contributed by atoms with Crippen LogP contribution in [-0.2, 0) is 12.1 Å². The van der Waals surface area contributed by atoms with E-state index in [9.17, 15) is 5.11 Å². The molecule has 74 valence electrons. The molecule has 0 amide bonds. The average Bonchev–Trinajstić information content (AvgIpc) is 2.47. The van der Waals surface area contributed by atoms with Gasteiger partial charge in [0.25, 0.3) is 0 Å². The van der Waals surface area contributed by atoms with Crippen LogP contribution in [0, 0.1) is 0 Å². The van der Waals surface area contributed by atoms with Gasteiger partial charge in [0.1, 0.15) is 11.3 Å². The second kappa shape index (κ2) is 3.85. The van der Waals surface area contributed by atoms with Gasteiger partial charge in [-0.15, -0.1) is 5.10 Å². The van der Waals surface area contributed by atoms with Crippen molar-refractivity contribution in [2.24, 2.45) is 5.73 Å². The summed E-state index contributed by atoms with van der Waals surface area (Å²) in [4.78, 5) is 0. The molecule has 1 aromatic rings. The first-order valence-corrected chi connectivity index (χ1v) is 4.37. The number of hydrogen-bond donors (Lipinski definition) is 2. The molecule has 0 atom stereocenters. The molecule has 0 bridgehead atoms. The highest BCUT2D eigenvalue weighted by Crippen LogP contribution is 2.15. The fourth-order valence-corrected chi connectivity index (χ4v) is 0.941. The molecule has 5 nitrogen and oxygen atoms in total. The number of hydrogen-bond acceptors (Lipinski definition) is 4. The van der Waals surface area contributed by atoms with Gasteiger partial charge in [0.15, 0.2) is 0 Å². The zero-order valence-corrected chi connectivity index (χ0v) is 8.06. The molecule has 1 aromatic heterocycles. The lowest BCUT2D eigenvalue weighted by molar-refractivity contribution is 0.0737. The fourth-order valence-electron chi connectivity index (χ4n) is 0.941. The molecular formula is C8H16N4O. The molecule has 0 saturated carbocycles. The molecule has 0 aliphatic rings. The van der Waals surface area contributed by atoms with E-state index in [-0.39, 0.29) is 0 Å². The number of nitrogens with zero attached hydrogens (tertiary/aromatic N) is 3. The van der Waals surface area contributed by atoms with Gasteiger partial charge < -0.3 is 10.8 Å². The molecule has 0 unspecified atom stereocenters. The van der Waals surface area contributed by atoms with Crippen LogP contribution in [0.5, 0.6) is 0 Å². The van der Waals surface area contributed by atoms with E-state index in [0.717, 1.165) is 13.0 Å². The monoisotopic (exact) mass is 184 g/mol. The molecule has 1 heterocycles. The summed E-state index contributed by atoms with van der Waals surface area (Å²) in [7, 11) is 0. The van der Waals surface area contributed by atoms with Gasteiger partial charge in [-0.05, 0) is 26.8 Å². The summed E-state index contributed by atoms with van der Waals surface area (Å²) in [6.45, 7) is 4.76. The average molecular weight is 184 g/mol. The Labute approximate surface area is 77.6 Å². The van der Waals surface area contributed by atoms with E-state index in [1.807, 2.05) is 0 Å². The summed E-state index contributed by atoms with van der Waals surface area (Å²) < 4.78 is 1.69. The zero-order chi connectivity index (χ0) is 9.90. The van der Waals surface area contributed by atoms with Gasteiger partial charge in [-0.25, -0.2) is 0 Å². The maximum Gasteiger partial charge on any atom is 0.114 e. The van der Waals surface area contributed by atoms with Crippen molar-refractivity contribution in [2.75, 3.05) is 6.54 Å². The van der Waals surface area contributed by atoms with Gasteiger partial charge in [-0.1, -0.05) is 5.21 Å². The Bertz CT molecular complexity index is 263. The fraction of sp³-hybridized carbons (Fsp3) is 0.750. The Hall–Kier alpha value is -0.940. The summed E-state index contributed by atoms with van der Waals surface area (Å²) >= 11 is 0. The van der Waals surface area contributed by atoms with Gasteiger partial charge in [-0.3, -0.25) is 4.68 Å². The molecule has 0 aliphatic heterocycles. The minimum atomic E-state index is -0.916. The van der Waals surface area contributed by atoms with Crippen LogP contribution in [0.4, 0.5) is 0 Å². The van der Waals surface area contributed by atoms with Crippen molar-refractivity contribution in [3.63, 3.8) is 0 Å². The summed E-state index contributed by atoms with van der Waals surface area (Å²) in [5.74, 6) is 0. The maximum atomic E-state index is 9.59. The molecule has 0 radical (unpaired) electrons. The van der Waals surface area contributed by atoms with Crippen LogP contribution in [-0.4, -0.2) is 26.6 Å². The van der Waals surface area contributed by atoms with Gasteiger partial charge in [0, 0.05) is 6.54 Å². The first kappa shape index (κ1) is 10.1. The normalized spacial score (nSPS) is 12.0. The van der Waals surface area contributed by atoms with Crippen LogP contribution in [0.2, 0.25) is 0 Å². The Morgan fingerprint density at radius 2 is 2.31 bits per heavy atom. The molecular weight excluding hydrogens is 168 g/mol. The minimum Gasteiger partial charge on any atom is -0.384 e. The molecule has 13 heavy (non-hydrogen) atoms. The first-order chi connectivity index (χ1) is 6.04. The lowest BCUT2D eigenvalue weighted by Gasteiger charge is -2.11. The highest BCUT2D eigenvalue weighted by atomic mass is 16.3. The SMILES string of the molecule is CC(C)(O)c1cn(CCCN)nn1. The highest BCUT2D eigenvalue weighted by Gasteiger charge is 2.19. The zero-order valence-electron chi connectivity index (χ0n) is 8.06. The highest BCUT2D eigenvalue weighted by molar-refractivity contribution is 5.02. The van der Waals surface area contributed by atoms with E-state index in [1.165, 1.54) is 0 Å². The third kappa shape index (κ3) is 2.78. The van der Waals surface area contributed by atoms with Crippen molar-refractivity contribution in [1.29, 1.82) is 0 Å². The topological polar surface area (TPSA) is 77.0 Å².